The third-order valence-electron chi connectivity index (χ3n) is 6.55. The summed E-state index contributed by atoms with van der Waals surface area (Å²) in [5.74, 6) is 1.75. The van der Waals surface area contributed by atoms with Gasteiger partial charge in [-0.15, -0.1) is 0 Å². The van der Waals surface area contributed by atoms with Gasteiger partial charge in [-0.2, -0.15) is 0 Å². The molecule has 30 heavy (non-hydrogen) atoms. The van der Waals surface area contributed by atoms with Gasteiger partial charge in [0.15, 0.2) is 0 Å². The van der Waals surface area contributed by atoms with E-state index in [4.69, 9.17) is 9.47 Å². The monoisotopic (exact) mass is 417 g/mol. The van der Waals surface area contributed by atoms with Crippen LogP contribution in [0.5, 0.6) is 5.75 Å². The Labute approximate surface area is 181 Å². The molecule has 1 aliphatic heterocycles. The lowest BCUT2D eigenvalue weighted by molar-refractivity contribution is 0.134. The first kappa shape index (κ1) is 22.7. The van der Waals surface area contributed by atoms with E-state index < -0.39 is 0 Å². The summed E-state index contributed by atoms with van der Waals surface area (Å²) in [5, 5.41) is 3.05. The summed E-state index contributed by atoms with van der Waals surface area (Å²) in [6, 6.07) is 8.59. The largest absolute Gasteiger partial charge is 0.495 e. The lowest BCUT2D eigenvalue weighted by Gasteiger charge is -2.37. The summed E-state index contributed by atoms with van der Waals surface area (Å²) in [7, 11) is 1.74. The van der Waals surface area contributed by atoms with Crippen molar-refractivity contribution >= 4 is 11.8 Å². The van der Waals surface area contributed by atoms with Gasteiger partial charge < -0.3 is 19.7 Å². The summed E-state index contributed by atoms with van der Waals surface area (Å²) >= 11 is 0. The van der Waals surface area contributed by atoms with Crippen molar-refractivity contribution in [2.45, 2.75) is 57.9 Å². The first-order valence-electron chi connectivity index (χ1n) is 11.7. The van der Waals surface area contributed by atoms with E-state index in [0.717, 1.165) is 63.5 Å². The Morgan fingerprint density at radius 1 is 1.10 bits per heavy atom. The third-order valence-corrected chi connectivity index (χ3v) is 6.55. The Kier molecular flexibility index (Phi) is 9.12. The SMILES string of the molecule is CCCCOC(=O)N[C@H]1CC[C@H](CCN2CCN(c3ccccc3OC)CC2)CC1. The maximum Gasteiger partial charge on any atom is 0.407 e. The molecular weight excluding hydrogens is 378 g/mol. The second kappa shape index (κ2) is 12.0. The van der Waals surface area contributed by atoms with Crippen LogP contribution in [0.2, 0.25) is 0 Å². The maximum atomic E-state index is 11.8. The lowest BCUT2D eigenvalue weighted by Crippen LogP contribution is -2.47. The highest BCUT2D eigenvalue weighted by molar-refractivity contribution is 5.67. The smallest absolute Gasteiger partial charge is 0.407 e. The van der Waals surface area contributed by atoms with Crippen molar-refractivity contribution < 1.29 is 14.3 Å². The average Bonchev–Trinajstić information content (AvgIpc) is 2.79. The summed E-state index contributed by atoms with van der Waals surface area (Å²) in [6.07, 6.45) is 7.59. The molecule has 1 N–H and O–H groups in total. The van der Waals surface area contributed by atoms with Crippen LogP contribution in [0, 0.1) is 5.92 Å². The molecule has 1 heterocycles. The number of unbranched alkanes of at least 4 members (excludes halogenated alkanes) is 1. The quantitative estimate of drug-likeness (QED) is 0.608. The van der Waals surface area contributed by atoms with E-state index in [9.17, 15) is 4.79 Å². The van der Waals surface area contributed by atoms with Gasteiger partial charge in [-0.05, 0) is 63.1 Å². The fourth-order valence-corrected chi connectivity index (χ4v) is 4.58. The number of carbonyl (C=O) groups is 1. The minimum Gasteiger partial charge on any atom is -0.495 e. The zero-order valence-corrected chi connectivity index (χ0v) is 18.8. The molecule has 6 nitrogen and oxygen atoms in total. The number of rotatable bonds is 9. The van der Waals surface area contributed by atoms with Gasteiger partial charge >= 0.3 is 6.09 Å². The summed E-state index contributed by atoms with van der Waals surface area (Å²) < 4.78 is 10.7. The predicted octanol–water partition coefficient (Wildman–Crippen LogP) is 4.29. The standard InChI is InChI=1S/C24H39N3O3/c1-3-4-19-30-24(28)25-21-11-9-20(10-12-21)13-14-26-15-17-27(18-16-26)22-7-5-6-8-23(22)29-2/h5-8,20-21H,3-4,9-19H2,1-2H3,(H,25,28)/t20-,21-. The second-order valence-electron chi connectivity index (χ2n) is 8.64. The van der Waals surface area contributed by atoms with Crippen LogP contribution in [-0.4, -0.2) is 63.5 Å². The fraction of sp³-hybridized carbons (Fsp3) is 0.708. The fourth-order valence-electron chi connectivity index (χ4n) is 4.58. The normalized spacial score (nSPS) is 22.5. The molecule has 2 fully saturated rings. The van der Waals surface area contributed by atoms with Crippen LogP contribution in [0.1, 0.15) is 51.9 Å². The number of hydrogen-bond acceptors (Lipinski definition) is 5. The van der Waals surface area contributed by atoms with Gasteiger partial charge in [-0.1, -0.05) is 25.5 Å². The van der Waals surface area contributed by atoms with Crippen LogP contribution in [-0.2, 0) is 4.74 Å². The Morgan fingerprint density at radius 2 is 1.83 bits per heavy atom. The number of alkyl carbamates (subject to hydrolysis) is 1. The summed E-state index contributed by atoms with van der Waals surface area (Å²) in [6.45, 7) is 8.14. The number of nitrogens with one attached hydrogen (secondary N) is 1. The maximum absolute atomic E-state index is 11.8. The highest BCUT2D eigenvalue weighted by atomic mass is 16.5. The molecule has 1 saturated heterocycles. The van der Waals surface area contributed by atoms with Crippen molar-refractivity contribution in [1.29, 1.82) is 0 Å². The van der Waals surface area contributed by atoms with Crippen LogP contribution in [0.4, 0.5) is 10.5 Å². The molecule has 168 valence electrons. The molecule has 3 rings (SSSR count). The molecule has 1 aliphatic carbocycles. The number of piperazine rings is 1. The Morgan fingerprint density at radius 3 is 2.53 bits per heavy atom. The molecule has 0 spiro atoms. The van der Waals surface area contributed by atoms with Crippen molar-refractivity contribution in [1.82, 2.24) is 10.2 Å². The van der Waals surface area contributed by atoms with Crippen LogP contribution >= 0.6 is 0 Å². The van der Waals surface area contributed by atoms with Gasteiger partial charge in [0.1, 0.15) is 5.75 Å². The van der Waals surface area contributed by atoms with Crippen molar-refractivity contribution in [3.8, 4) is 5.75 Å². The molecule has 0 aromatic heterocycles. The number of amides is 1. The first-order valence-corrected chi connectivity index (χ1v) is 11.7. The summed E-state index contributed by atoms with van der Waals surface area (Å²) in [5.41, 5.74) is 1.21. The van der Waals surface area contributed by atoms with E-state index in [-0.39, 0.29) is 6.09 Å². The summed E-state index contributed by atoms with van der Waals surface area (Å²) in [4.78, 5) is 16.9. The van der Waals surface area contributed by atoms with Crippen LogP contribution in [0.25, 0.3) is 0 Å². The van der Waals surface area contributed by atoms with E-state index in [1.807, 2.05) is 12.1 Å². The van der Waals surface area contributed by atoms with E-state index in [1.165, 1.54) is 31.5 Å². The van der Waals surface area contributed by atoms with Gasteiger partial charge in [0.2, 0.25) is 0 Å². The molecule has 2 aliphatic rings. The third kappa shape index (κ3) is 6.79. The highest BCUT2D eigenvalue weighted by Crippen LogP contribution is 2.29. The van der Waals surface area contributed by atoms with Gasteiger partial charge in [-0.25, -0.2) is 4.79 Å². The molecular formula is C24H39N3O3. The zero-order chi connectivity index (χ0) is 21.2. The Hall–Kier alpha value is -1.95. The van der Waals surface area contributed by atoms with Gasteiger partial charge in [0, 0.05) is 32.2 Å². The van der Waals surface area contributed by atoms with E-state index in [1.54, 1.807) is 7.11 Å². The molecule has 6 heteroatoms. The molecule has 1 amide bonds. The number of nitrogens with zero attached hydrogens (tertiary/aromatic N) is 2. The van der Waals surface area contributed by atoms with Gasteiger partial charge in [0.25, 0.3) is 0 Å². The van der Waals surface area contributed by atoms with Crippen LogP contribution in [0.15, 0.2) is 24.3 Å². The van der Waals surface area contributed by atoms with E-state index >= 15 is 0 Å². The average molecular weight is 418 g/mol. The predicted molar refractivity (Wildman–Crippen MR) is 121 cm³/mol. The topological polar surface area (TPSA) is 54.0 Å². The molecule has 0 radical (unpaired) electrons. The molecule has 0 atom stereocenters. The highest BCUT2D eigenvalue weighted by Gasteiger charge is 2.24. The molecule has 0 bridgehead atoms. The number of ether oxygens (including phenoxy) is 2. The Bertz CT molecular complexity index is 638. The van der Waals surface area contributed by atoms with Gasteiger partial charge in [0.05, 0.1) is 19.4 Å². The molecule has 1 aromatic rings. The van der Waals surface area contributed by atoms with Crippen molar-refractivity contribution in [3.05, 3.63) is 24.3 Å². The van der Waals surface area contributed by atoms with Gasteiger partial charge in [-0.3, -0.25) is 4.90 Å². The minimum absolute atomic E-state index is 0.236. The number of benzene rings is 1. The minimum atomic E-state index is -0.236. The first-order chi connectivity index (χ1) is 14.7. The molecule has 0 unspecified atom stereocenters. The number of hydrogen-bond donors (Lipinski definition) is 1. The zero-order valence-electron chi connectivity index (χ0n) is 18.8. The number of methoxy groups -OCH3 is 1. The second-order valence-corrected chi connectivity index (χ2v) is 8.64. The Balaban J connectivity index is 1.31. The number of carbonyl (C=O) groups excluding carboxylic acids is 1. The van der Waals surface area contributed by atoms with E-state index in [0.29, 0.717) is 12.6 Å². The molecule has 1 saturated carbocycles. The van der Waals surface area contributed by atoms with Crippen molar-refractivity contribution in [2.24, 2.45) is 5.92 Å². The van der Waals surface area contributed by atoms with Crippen LogP contribution in [0.3, 0.4) is 0 Å². The molecule has 1 aromatic carbocycles. The van der Waals surface area contributed by atoms with Crippen molar-refractivity contribution in [3.63, 3.8) is 0 Å². The van der Waals surface area contributed by atoms with Crippen LogP contribution < -0.4 is 15.0 Å². The number of para-hydroxylation sites is 2. The van der Waals surface area contributed by atoms with E-state index in [2.05, 4.69) is 34.2 Å². The van der Waals surface area contributed by atoms with Crippen molar-refractivity contribution in [2.75, 3.05) is 51.3 Å². The lowest BCUT2D eigenvalue weighted by atomic mass is 9.84. The number of anilines is 1.